The highest BCUT2D eigenvalue weighted by Crippen LogP contribution is 2.00. The van der Waals surface area contributed by atoms with E-state index >= 15 is 0 Å². The molecule has 0 rings (SSSR count). The van der Waals surface area contributed by atoms with Gasteiger partial charge in [-0.15, -0.1) is 0 Å². The van der Waals surface area contributed by atoms with E-state index in [9.17, 15) is 9.59 Å². The van der Waals surface area contributed by atoms with Gasteiger partial charge in [-0.05, 0) is 18.6 Å². The highest BCUT2D eigenvalue weighted by molar-refractivity contribution is 7.80. The van der Waals surface area contributed by atoms with Crippen molar-refractivity contribution < 1.29 is 9.59 Å². The summed E-state index contributed by atoms with van der Waals surface area (Å²) in [4.78, 5) is 20.8. The van der Waals surface area contributed by atoms with Crippen LogP contribution in [0.5, 0.6) is 0 Å². The Kier molecular flexibility index (Phi) is 7.57. The van der Waals surface area contributed by atoms with Gasteiger partial charge in [0.2, 0.25) is 0 Å². The molecule has 0 saturated carbocycles. The molecule has 0 saturated heterocycles. The zero-order valence-electron chi connectivity index (χ0n) is 6.58. The first-order valence-corrected chi connectivity index (χ1v) is 4.50. The topological polar surface area (TPSA) is 34.1 Å². The Morgan fingerprint density at radius 1 is 1.27 bits per heavy atom. The van der Waals surface area contributed by atoms with Crippen LogP contribution in [0.1, 0.15) is 32.1 Å². The van der Waals surface area contributed by atoms with Crippen LogP contribution in [0.4, 0.5) is 0 Å². The molecule has 0 unspecified atom stereocenters. The van der Waals surface area contributed by atoms with Crippen molar-refractivity contribution in [2.24, 2.45) is 0 Å². The first-order chi connectivity index (χ1) is 5.31. The Morgan fingerprint density at radius 3 is 2.45 bits per heavy atom. The molecule has 0 bridgehead atoms. The number of aldehydes is 1. The van der Waals surface area contributed by atoms with Crippen LogP contribution in [-0.2, 0) is 9.59 Å². The van der Waals surface area contributed by atoms with Gasteiger partial charge in [0, 0.05) is 19.3 Å². The van der Waals surface area contributed by atoms with E-state index in [0.717, 1.165) is 18.5 Å². The number of carbonyl (C=O) groups excluding carboxylic acids is 2. The van der Waals surface area contributed by atoms with Crippen LogP contribution in [0.3, 0.4) is 0 Å². The summed E-state index contributed by atoms with van der Waals surface area (Å²) in [6.07, 6.45) is 4.07. The smallest absolute Gasteiger partial charge is 0.132 e. The molecule has 0 aromatic rings. The third-order valence-corrected chi connectivity index (χ3v) is 1.71. The summed E-state index contributed by atoms with van der Waals surface area (Å²) in [5.41, 5.74) is 0. The van der Waals surface area contributed by atoms with E-state index in [1.165, 1.54) is 0 Å². The minimum absolute atomic E-state index is 0.251. The van der Waals surface area contributed by atoms with E-state index in [1.54, 1.807) is 0 Å². The molecule has 0 heterocycles. The first kappa shape index (κ1) is 10.7. The van der Waals surface area contributed by atoms with Crippen LogP contribution < -0.4 is 0 Å². The van der Waals surface area contributed by atoms with Gasteiger partial charge in [-0.1, -0.05) is 0 Å². The molecule has 0 aromatic carbocycles. The fourth-order valence-electron chi connectivity index (χ4n) is 0.784. The lowest BCUT2D eigenvalue weighted by atomic mass is 10.1. The average Bonchev–Trinajstić information content (AvgIpc) is 2.01. The number of thiol groups is 1. The van der Waals surface area contributed by atoms with Crippen LogP contribution in [0.15, 0.2) is 0 Å². The molecule has 11 heavy (non-hydrogen) atoms. The van der Waals surface area contributed by atoms with Crippen LogP contribution in [0.25, 0.3) is 0 Å². The van der Waals surface area contributed by atoms with Crippen LogP contribution in [0.2, 0.25) is 0 Å². The fraction of sp³-hybridized carbons (Fsp3) is 0.750. The van der Waals surface area contributed by atoms with E-state index in [4.69, 9.17) is 0 Å². The van der Waals surface area contributed by atoms with Gasteiger partial charge in [-0.25, -0.2) is 0 Å². The Bertz CT molecular complexity index is 123. The van der Waals surface area contributed by atoms with Gasteiger partial charge in [0.15, 0.2) is 0 Å². The second-order valence-electron chi connectivity index (χ2n) is 2.42. The first-order valence-electron chi connectivity index (χ1n) is 3.87. The van der Waals surface area contributed by atoms with Crippen LogP contribution >= 0.6 is 12.6 Å². The van der Waals surface area contributed by atoms with Crippen LogP contribution in [-0.4, -0.2) is 17.8 Å². The molecule has 0 aromatic heterocycles. The maximum absolute atomic E-state index is 10.9. The normalized spacial score (nSPS) is 9.55. The predicted octanol–water partition coefficient (Wildman–Crippen LogP) is 1.63. The molecule has 0 N–H and O–H groups in total. The second kappa shape index (κ2) is 7.79. The standard InChI is InChI=1S/C8H14O2S/c9-6-2-1-4-8(10)5-3-7-11/h6,11H,1-5,7H2. The molecule has 0 radical (unpaired) electrons. The lowest BCUT2D eigenvalue weighted by molar-refractivity contribution is -0.119. The van der Waals surface area contributed by atoms with E-state index in [0.29, 0.717) is 25.7 Å². The summed E-state index contributed by atoms with van der Waals surface area (Å²) in [5.74, 6) is 1.01. The van der Waals surface area contributed by atoms with Gasteiger partial charge in [-0.2, -0.15) is 12.6 Å². The van der Waals surface area contributed by atoms with Gasteiger partial charge in [-0.3, -0.25) is 4.79 Å². The monoisotopic (exact) mass is 174 g/mol. The highest BCUT2D eigenvalue weighted by Gasteiger charge is 1.99. The summed E-state index contributed by atoms with van der Waals surface area (Å²) in [5, 5.41) is 0. The average molecular weight is 174 g/mol. The lowest BCUT2D eigenvalue weighted by Crippen LogP contribution is -1.97. The van der Waals surface area contributed by atoms with Gasteiger partial charge in [0.05, 0.1) is 0 Å². The van der Waals surface area contributed by atoms with E-state index < -0.39 is 0 Å². The quantitative estimate of drug-likeness (QED) is 0.361. The number of carbonyl (C=O) groups is 2. The Labute approximate surface area is 72.8 Å². The molecule has 0 spiro atoms. The molecule has 0 fully saturated rings. The number of ketones is 1. The number of hydrogen-bond donors (Lipinski definition) is 1. The second-order valence-corrected chi connectivity index (χ2v) is 2.87. The van der Waals surface area contributed by atoms with Crippen molar-refractivity contribution in [1.82, 2.24) is 0 Å². The largest absolute Gasteiger partial charge is 0.303 e. The third-order valence-electron chi connectivity index (χ3n) is 1.39. The minimum Gasteiger partial charge on any atom is -0.303 e. The molecule has 0 aliphatic carbocycles. The molecule has 0 aliphatic heterocycles. The molecule has 0 atom stereocenters. The van der Waals surface area contributed by atoms with E-state index in [1.807, 2.05) is 0 Å². The van der Waals surface area contributed by atoms with Crippen molar-refractivity contribution in [2.45, 2.75) is 32.1 Å². The maximum Gasteiger partial charge on any atom is 0.132 e. The van der Waals surface area contributed by atoms with Crippen molar-refractivity contribution in [3.05, 3.63) is 0 Å². The molecule has 3 heteroatoms. The fourth-order valence-corrected chi connectivity index (χ4v) is 0.942. The third kappa shape index (κ3) is 7.59. The predicted molar refractivity (Wildman–Crippen MR) is 48.0 cm³/mol. The summed E-state index contributed by atoms with van der Waals surface area (Å²) in [7, 11) is 0. The van der Waals surface area contributed by atoms with E-state index in [2.05, 4.69) is 12.6 Å². The highest BCUT2D eigenvalue weighted by atomic mass is 32.1. The molecule has 0 aliphatic rings. The maximum atomic E-state index is 10.9. The lowest BCUT2D eigenvalue weighted by Gasteiger charge is -1.95. The van der Waals surface area contributed by atoms with Crippen molar-refractivity contribution in [3.63, 3.8) is 0 Å². The summed E-state index contributed by atoms with van der Waals surface area (Å²) >= 11 is 4.00. The molecule has 2 nitrogen and oxygen atoms in total. The summed E-state index contributed by atoms with van der Waals surface area (Å²) < 4.78 is 0. The number of Topliss-reactive ketones (excluding diaryl/α,β-unsaturated/α-hetero) is 1. The molecular formula is C8H14O2S. The van der Waals surface area contributed by atoms with Gasteiger partial charge in [0.1, 0.15) is 12.1 Å². The minimum atomic E-state index is 0.251. The zero-order chi connectivity index (χ0) is 8.53. The number of rotatable bonds is 7. The van der Waals surface area contributed by atoms with Gasteiger partial charge in [0.25, 0.3) is 0 Å². The Morgan fingerprint density at radius 2 is 1.91 bits per heavy atom. The van der Waals surface area contributed by atoms with Crippen molar-refractivity contribution in [3.8, 4) is 0 Å². The molecule has 0 amide bonds. The van der Waals surface area contributed by atoms with Crippen LogP contribution in [0, 0.1) is 0 Å². The summed E-state index contributed by atoms with van der Waals surface area (Å²) in [6.45, 7) is 0. The summed E-state index contributed by atoms with van der Waals surface area (Å²) in [6, 6.07) is 0. The van der Waals surface area contributed by atoms with Gasteiger partial charge < -0.3 is 4.79 Å². The number of unbranched alkanes of at least 4 members (excludes halogenated alkanes) is 1. The molecule has 64 valence electrons. The zero-order valence-corrected chi connectivity index (χ0v) is 7.48. The Balaban J connectivity index is 3.15. The van der Waals surface area contributed by atoms with Crippen molar-refractivity contribution in [1.29, 1.82) is 0 Å². The van der Waals surface area contributed by atoms with Gasteiger partial charge >= 0.3 is 0 Å². The van der Waals surface area contributed by atoms with E-state index in [-0.39, 0.29) is 5.78 Å². The number of hydrogen-bond acceptors (Lipinski definition) is 3. The Hall–Kier alpha value is -0.310. The SMILES string of the molecule is O=CCCCC(=O)CCCS. The van der Waals surface area contributed by atoms with Crippen molar-refractivity contribution >= 4 is 24.7 Å². The molecular weight excluding hydrogens is 160 g/mol. The van der Waals surface area contributed by atoms with Crippen molar-refractivity contribution in [2.75, 3.05) is 5.75 Å².